The van der Waals surface area contributed by atoms with Gasteiger partial charge in [-0.25, -0.2) is 4.68 Å². The van der Waals surface area contributed by atoms with Crippen molar-refractivity contribution in [2.75, 3.05) is 5.01 Å². The van der Waals surface area contributed by atoms with E-state index < -0.39 is 0 Å². The summed E-state index contributed by atoms with van der Waals surface area (Å²) in [6.45, 7) is 1.95. The molecule has 1 aliphatic rings. The lowest BCUT2D eigenvalue weighted by atomic mass is 9.98. The van der Waals surface area contributed by atoms with Crippen molar-refractivity contribution in [3.8, 4) is 17.1 Å². The lowest BCUT2D eigenvalue weighted by Crippen LogP contribution is -2.18. The van der Waals surface area contributed by atoms with E-state index in [-0.39, 0.29) is 6.04 Å². The third kappa shape index (κ3) is 4.15. The first kappa shape index (κ1) is 21.4. The Hall–Kier alpha value is -4.09. The molecule has 35 heavy (non-hydrogen) atoms. The van der Waals surface area contributed by atoms with Crippen LogP contribution in [-0.4, -0.2) is 15.5 Å². The predicted octanol–water partition coefficient (Wildman–Crippen LogP) is 7.45. The number of furan rings is 1. The smallest absolute Gasteiger partial charge is 0.154 e. The molecule has 0 N–H and O–H groups in total. The fraction of sp³-hybridized carbons (Fsp3) is 0.103. The lowest BCUT2D eigenvalue weighted by Gasteiger charge is -2.23. The molecule has 6 heteroatoms. The molecule has 0 spiro atoms. The van der Waals surface area contributed by atoms with Crippen molar-refractivity contribution in [1.29, 1.82) is 0 Å². The molecule has 1 aliphatic heterocycles. The predicted molar refractivity (Wildman–Crippen MR) is 140 cm³/mol. The number of hydrazone groups is 1. The number of halogens is 1. The molecule has 0 unspecified atom stereocenters. The Morgan fingerprint density at radius 3 is 2.17 bits per heavy atom. The number of hydrogen-bond acceptors (Lipinski definition) is 4. The number of aromatic nitrogens is 2. The van der Waals surface area contributed by atoms with Gasteiger partial charge >= 0.3 is 0 Å². The molecule has 172 valence electrons. The van der Waals surface area contributed by atoms with E-state index in [0.717, 1.165) is 51.8 Å². The van der Waals surface area contributed by atoms with E-state index in [1.807, 2.05) is 96.5 Å². The minimum absolute atomic E-state index is 0.0547. The van der Waals surface area contributed by atoms with Crippen LogP contribution in [0.2, 0.25) is 5.02 Å². The second-order valence-corrected chi connectivity index (χ2v) is 9.01. The van der Waals surface area contributed by atoms with Gasteiger partial charge in [0.05, 0.1) is 23.1 Å². The van der Waals surface area contributed by atoms with Crippen molar-refractivity contribution in [2.24, 2.45) is 5.10 Å². The number of hydrogen-bond donors (Lipinski definition) is 0. The maximum Gasteiger partial charge on any atom is 0.154 e. The highest BCUT2D eigenvalue weighted by molar-refractivity contribution is 6.30. The van der Waals surface area contributed by atoms with E-state index in [0.29, 0.717) is 5.02 Å². The highest BCUT2D eigenvalue weighted by Crippen LogP contribution is 2.41. The van der Waals surface area contributed by atoms with Crippen molar-refractivity contribution < 1.29 is 4.42 Å². The second kappa shape index (κ2) is 8.93. The molecule has 2 aromatic heterocycles. The Balaban J connectivity index is 1.49. The summed E-state index contributed by atoms with van der Waals surface area (Å²) < 4.78 is 7.96. The Bertz CT molecular complexity index is 1490. The average molecular weight is 479 g/mol. The molecule has 1 atom stereocenters. The van der Waals surface area contributed by atoms with Gasteiger partial charge in [0, 0.05) is 23.2 Å². The van der Waals surface area contributed by atoms with Gasteiger partial charge in [-0.1, -0.05) is 60.1 Å². The van der Waals surface area contributed by atoms with Crippen LogP contribution in [-0.2, 0) is 0 Å². The number of benzene rings is 3. The van der Waals surface area contributed by atoms with Crippen molar-refractivity contribution in [2.45, 2.75) is 19.4 Å². The summed E-state index contributed by atoms with van der Waals surface area (Å²) in [7, 11) is 0. The molecule has 0 saturated carbocycles. The van der Waals surface area contributed by atoms with Gasteiger partial charge in [0.25, 0.3) is 0 Å². The summed E-state index contributed by atoms with van der Waals surface area (Å²) >= 11 is 6.15. The topological polar surface area (TPSA) is 46.6 Å². The van der Waals surface area contributed by atoms with Crippen LogP contribution in [0.15, 0.2) is 113 Å². The second-order valence-electron chi connectivity index (χ2n) is 8.58. The number of para-hydroxylation sites is 2. The number of nitrogens with zero attached hydrogens (tertiary/aromatic N) is 4. The minimum Gasteiger partial charge on any atom is -0.460 e. The van der Waals surface area contributed by atoms with Crippen molar-refractivity contribution in [3.05, 3.63) is 125 Å². The zero-order valence-corrected chi connectivity index (χ0v) is 19.9. The van der Waals surface area contributed by atoms with Crippen LogP contribution >= 0.6 is 11.6 Å². The summed E-state index contributed by atoms with van der Waals surface area (Å²) in [5.41, 5.74) is 5.95. The molecule has 6 rings (SSSR count). The first-order chi connectivity index (χ1) is 17.2. The normalized spacial score (nSPS) is 15.4. The van der Waals surface area contributed by atoms with Gasteiger partial charge in [-0.15, -0.1) is 0 Å². The van der Waals surface area contributed by atoms with Crippen LogP contribution in [0.4, 0.5) is 5.69 Å². The van der Waals surface area contributed by atoms with Crippen LogP contribution in [0.5, 0.6) is 0 Å². The maximum atomic E-state index is 6.15. The van der Waals surface area contributed by atoms with Gasteiger partial charge in [0.1, 0.15) is 11.5 Å². The average Bonchev–Trinajstić information content (AvgIpc) is 3.63. The van der Waals surface area contributed by atoms with E-state index in [4.69, 9.17) is 26.2 Å². The molecule has 0 saturated heterocycles. The Labute approximate surface area is 208 Å². The Morgan fingerprint density at radius 1 is 0.829 bits per heavy atom. The van der Waals surface area contributed by atoms with Gasteiger partial charge in [-0.2, -0.15) is 10.2 Å². The number of rotatable bonds is 5. The lowest BCUT2D eigenvalue weighted by molar-refractivity contribution is 0.544. The monoisotopic (exact) mass is 478 g/mol. The van der Waals surface area contributed by atoms with Gasteiger partial charge in [0.15, 0.2) is 5.76 Å². The first-order valence-electron chi connectivity index (χ1n) is 11.6. The fourth-order valence-electron chi connectivity index (χ4n) is 4.49. The summed E-state index contributed by atoms with van der Waals surface area (Å²) in [6.07, 6.45) is 2.83. The van der Waals surface area contributed by atoms with Crippen molar-refractivity contribution in [1.82, 2.24) is 9.78 Å². The van der Waals surface area contributed by atoms with Crippen LogP contribution in [0.3, 0.4) is 0 Å². The molecule has 0 bridgehead atoms. The third-order valence-electron chi connectivity index (χ3n) is 6.20. The summed E-state index contributed by atoms with van der Waals surface area (Å²) in [6, 6.07) is 32.1. The molecule has 0 fully saturated rings. The van der Waals surface area contributed by atoms with Crippen LogP contribution in [0, 0.1) is 6.92 Å². The zero-order chi connectivity index (χ0) is 23.8. The molecule has 5 aromatic rings. The van der Waals surface area contributed by atoms with E-state index in [2.05, 4.69) is 23.3 Å². The van der Waals surface area contributed by atoms with E-state index in [1.165, 1.54) is 0 Å². The Morgan fingerprint density at radius 2 is 1.51 bits per heavy atom. The Kier molecular flexibility index (Phi) is 5.47. The molecule has 0 amide bonds. The zero-order valence-electron chi connectivity index (χ0n) is 19.2. The van der Waals surface area contributed by atoms with Crippen molar-refractivity contribution >= 4 is 23.0 Å². The van der Waals surface area contributed by atoms with E-state index in [9.17, 15) is 0 Å². The van der Waals surface area contributed by atoms with Gasteiger partial charge in [-0.05, 0) is 61.0 Å². The third-order valence-corrected chi connectivity index (χ3v) is 6.46. The molecule has 0 radical (unpaired) electrons. The first-order valence-corrected chi connectivity index (χ1v) is 11.9. The largest absolute Gasteiger partial charge is 0.460 e. The SMILES string of the molecule is Cc1ccc(-c2nn(-c3ccccc3)cc2[C@@H]2CC(c3ccc(Cl)cc3)=NN2c2ccccc2)o1. The summed E-state index contributed by atoms with van der Waals surface area (Å²) in [4.78, 5) is 0. The van der Waals surface area contributed by atoms with Gasteiger partial charge in [-0.3, -0.25) is 5.01 Å². The standard InChI is InChI=1S/C29H23ClN4O/c1-20-12-17-28(35-20)29-25(19-33(32-29)23-8-4-2-5-9-23)27-18-26(21-13-15-22(30)16-14-21)31-34(27)24-10-6-3-7-11-24/h2-17,19,27H,18H2,1H3/t27-/m0/s1. The molecule has 5 nitrogen and oxygen atoms in total. The summed E-state index contributed by atoms with van der Waals surface area (Å²) in [5.74, 6) is 1.60. The quantitative estimate of drug-likeness (QED) is 0.263. The van der Waals surface area contributed by atoms with Gasteiger partial charge in [0.2, 0.25) is 0 Å². The number of anilines is 1. The van der Waals surface area contributed by atoms with E-state index >= 15 is 0 Å². The molecule has 3 heterocycles. The molecular formula is C29H23ClN4O. The summed E-state index contributed by atoms with van der Waals surface area (Å²) in [5, 5.41) is 12.9. The maximum absolute atomic E-state index is 6.15. The van der Waals surface area contributed by atoms with Crippen LogP contribution in [0.25, 0.3) is 17.1 Å². The minimum atomic E-state index is -0.0547. The van der Waals surface area contributed by atoms with Crippen LogP contribution in [0.1, 0.15) is 29.3 Å². The fourth-order valence-corrected chi connectivity index (χ4v) is 4.61. The molecule has 3 aromatic carbocycles. The number of aryl methyl sites for hydroxylation is 1. The molecule has 0 aliphatic carbocycles. The van der Waals surface area contributed by atoms with Gasteiger partial charge < -0.3 is 4.42 Å². The highest BCUT2D eigenvalue weighted by atomic mass is 35.5. The van der Waals surface area contributed by atoms with E-state index in [1.54, 1.807) is 0 Å². The van der Waals surface area contributed by atoms with Crippen LogP contribution < -0.4 is 5.01 Å². The van der Waals surface area contributed by atoms with Crippen molar-refractivity contribution in [3.63, 3.8) is 0 Å². The molecular weight excluding hydrogens is 456 g/mol. The highest BCUT2D eigenvalue weighted by Gasteiger charge is 2.34.